The normalized spacial score (nSPS) is 10.5. The maximum atomic E-state index is 13.1. The number of amides is 2. The lowest BCUT2D eigenvalue weighted by molar-refractivity contribution is -0.113. The Labute approximate surface area is 247 Å². The van der Waals surface area contributed by atoms with E-state index >= 15 is 0 Å². The van der Waals surface area contributed by atoms with Crippen molar-refractivity contribution in [3.63, 3.8) is 0 Å². The fourth-order valence-electron chi connectivity index (χ4n) is 3.92. The Kier molecular flexibility index (Phi) is 10.1. The summed E-state index contributed by atoms with van der Waals surface area (Å²) in [7, 11) is 7.70. The number of benzene rings is 3. The quantitative estimate of drug-likeness (QED) is 0.219. The first-order valence-corrected chi connectivity index (χ1v) is 13.6. The Morgan fingerprint density at radius 1 is 0.762 bits per heavy atom. The van der Waals surface area contributed by atoms with Crippen LogP contribution in [0.5, 0.6) is 28.7 Å². The lowest BCUT2D eigenvalue weighted by atomic mass is 10.2. The summed E-state index contributed by atoms with van der Waals surface area (Å²) < 4.78 is 28.5. The molecule has 0 aliphatic rings. The molecule has 0 bridgehead atoms. The van der Waals surface area contributed by atoms with Gasteiger partial charge in [0.05, 0.1) is 53.5 Å². The molecular formula is C29H31N5O7S. The molecular weight excluding hydrogens is 562 g/mol. The molecule has 4 aromatic rings. The van der Waals surface area contributed by atoms with E-state index in [9.17, 15) is 9.59 Å². The van der Waals surface area contributed by atoms with Crippen LogP contribution in [0.2, 0.25) is 0 Å². The van der Waals surface area contributed by atoms with E-state index in [1.807, 2.05) is 0 Å². The van der Waals surface area contributed by atoms with Crippen molar-refractivity contribution >= 4 is 29.3 Å². The van der Waals surface area contributed by atoms with Gasteiger partial charge in [-0.2, -0.15) is 0 Å². The van der Waals surface area contributed by atoms with E-state index in [0.29, 0.717) is 56.7 Å². The van der Waals surface area contributed by atoms with E-state index < -0.39 is 0 Å². The first kappa shape index (κ1) is 30.1. The van der Waals surface area contributed by atoms with Crippen LogP contribution in [0.4, 0.5) is 5.69 Å². The number of rotatable bonds is 13. The zero-order valence-electron chi connectivity index (χ0n) is 23.8. The van der Waals surface area contributed by atoms with Gasteiger partial charge in [-0.1, -0.05) is 11.8 Å². The van der Waals surface area contributed by atoms with Gasteiger partial charge in [0.15, 0.2) is 11.0 Å². The molecule has 1 aromatic heterocycles. The van der Waals surface area contributed by atoms with Gasteiger partial charge >= 0.3 is 0 Å². The third kappa shape index (κ3) is 7.23. The van der Waals surface area contributed by atoms with Crippen molar-refractivity contribution in [1.82, 2.24) is 20.1 Å². The smallest absolute Gasteiger partial charge is 0.251 e. The number of methoxy groups -OCH3 is 5. The van der Waals surface area contributed by atoms with Gasteiger partial charge in [0.1, 0.15) is 28.7 Å². The lowest BCUT2D eigenvalue weighted by Gasteiger charge is -2.15. The molecule has 3 aromatic carbocycles. The van der Waals surface area contributed by atoms with Crippen molar-refractivity contribution in [2.24, 2.45) is 0 Å². The van der Waals surface area contributed by atoms with Crippen LogP contribution in [-0.2, 0) is 11.3 Å². The summed E-state index contributed by atoms with van der Waals surface area (Å²) >= 11 is 1.18. The Balaban J connectivity index is 1.59. The predicted octanol–water partition coefficient (Wildman–Crippen LogP) is 3.97. The maximum Gasteiger partial charge on any atom is 0.251 e. The number of aromatic nitrogens is 3. The first-order chi connectivity index (χ1) is 20.4. The van der Waals surface area contributed by atoms with Gasteiger partial charge in [0, 0.05) is 23.4 Å². The van der Waals surface area contributed by atoms with E-state index in [-0.39, 0.29) is 24.1 Å². The Bertz CT molecular complexity index is 1520. The number of ether oxygens (including phenoxy) is 5. The Hall–Kier alpha value is -4.91. The fraction of sp³-hybridized carbons (Fsp3) is 0.241. The van der Waals surface area contributed by atoms with E-state index in [1.165, 1.54) is 26.0 Å². The number of nitrogens with one attached hydrogen (secondary N) is 2. The van der Waals surface area contributed by atoms with Crippen LogP contribution in [0.15, 0.2) is 65.8 Å². The van der Waals surface area contributed by atoms with Gasteiger partial charge in [-0.05, 0) is 48.5 Å². The third-order valence-corrected chi connectivity index (χ3v) is 6.98. The van der Waals surface area contributed by atoms with Crippen molar-refractivity contribution in [3.8, 4) is 34.4 Å². The summed E-state index contributed by atoms with van der Waals surface area (Å²) in [5, 5.41) is 14.8. The number of carbonyl (C=O) groups is 2. The average Bonchev–Trinajstić information content (AvgIpc) is 3.44. The molecule has 0 aliphatic heterocycles. The second kappa shape index (κ2) is 14.1. The van der Waals surface area contributed by atoms with E-state index in [1.54, 1.807) is 86.6 Å². The van der Waals surface area contributed by atoms with Gasteiger partial charge in [-0.25, -0.2) is 0 Å². The SMILES string of the molecule is COc1ccc(NC(=O)CSc2nnc(CNC(=O)c3cc(OC)cc(OC)c3)n2-c2cc(OC)ccc2OC)cc1. The summed E-state index contributed by atoms with van der Waals surface area (Å²) in [5.41, 5.74) is 1.56. The van der Waals surface area contributed by atoms with Gasteiger partial charge in [0.2, 0.25) is 5.91 Å². The molecule has 4 rings (SSSR count). The minimum Gasteiger partial charge on any atom is -0.497 e. The molecule has 1 heterocycles. The van der Waals surface area contributed by atoms with Crippen LogP contribution in [-0.4, -0.2) is 67.9 Å². The number of hydrogen-bond acceptors (Lipinski definition) is 10. The summed E-state index contributed by atoms with van der Waals surface area (Å²) in [6, 6.07) is 17.2. The van der Waals surface area contributed by atoms with Crippen molar-refractivity contribution in [2.75, 3.05) is 46.6 Å². The molecule has 0 unspecified atom stereocenters. The van der Waals surface area contributed by atoms with Crippen molar-refractivity contribution in [3.05, 3.63) is 72.1 Å². The topological polar surface area (TPSA) is 135 Å². The molecule has 0 atom stereocenters. The lowest BCUT2D eigenvalue weighted by Crippen LogP contribution is -2.25. The molecule has 220 valence electrons. The predicted molar refractivity (Wildman–Crippen MR) is 158 cm³/mol. The number of hydrogen-bond donors (Lipinski definition) is 2. The number of carbonyl (C=O) groups excluding carboxylic acids is 2. The highest BCUT2D eigenvalue weighted by atomic mass is 32.2. The summed E-state index contributed by atoms with van der Waals surface area (Å²) in [5.74, 6) is 2.59. The van der Waals surface area contributed by atoms with Crippen LogP contribution in [0.1, 0.15) is 16.2 Å². The van der Waals surface area contributed by atoms with Crippen molar-refractivity contribution < 1.29 is 33.3 Å². The highest BCUT2D eigenvalue weighted by Gasteiger charge is 2.21. The maximum absolute atomic E-state index is 13.1. The van der Waals surface area contributed by atoms with Crippen LogP contribution in [0.25, 0.3) is 5.69 Å². The minimum absolute atomic E-state index is 0.0182. The molecule has 0 saturated carbocycles. The Morgan fingerprint density at radius 3 is 2.02 bits per heavy atom. The molecule has 2 N–H and O–H groups in total. The van der Waals surface area contributed by atoms with E-state index in [0.717, 1.165) is 0 Å². The third-order valence-electron chi connectivity index (χ3n) is 6.05. The largest absolute Gasteiger partial charge is 0.497 e. The minimum atomic E-state index is -0.368. The molecule has 0 fully saturated rings. The number of anilines is 1. The van der Waals surface area contributed by atoms with Gasteiger partial charge < -0.3 is 34.3 Å². The standard InChI is InChI=1S/C29H31N5O7S/c1-37-20-8-6-19(7-9-20)31-27(35)17-42-29-33-32-26(34(29)24-15-21(38-2)10-11-25(24)41-5)16-30-28(36)18-12-22(39-3)14-23(13-18)40-4/h6-15H,16-17H2,1-5H3,(H,30,36)(H,31,35). The number of nitrogens with zero attached hydrogens (tertiary/aromatic N) is 3. The van der Waals surface area contributed by atoms with Crippen LogP contribution in [0, 0.1) is 0 Å². The Morgan fingerprint density at radius 2 is 1.40 bits per heavy atom. The second-order valence-corrected chi connectivity index (χ2v) is 9.56. The molecule has 0 spiro atoms. The monoisotopic (exact) mass is 593 g/mol. The summed E-state index contributed by atoms with van der Waals surface area (Å²) in [6.07, 6.45) is 0. The van der Waals surface area contributed by atoms with Crippen LogP contribution in [0.3, 0.4) is 0 Å². The van der Waals surface area contributed by atoms with Crippen LogP contribution < -0.4 is 34.3 Å². The van der Waals surface area contributed by atoms with Crippen LogP contribution >= 0.6 is 11.8 Å². The number of thioether (sulfide) groups is 1. The molecule has 0 aliphatic carbocycles. The second-order valence-electron chi connectivity index (χ2n) is 8.62. The first-order valence-electron chi connectivity index (χ1n) is 12.6. The zero-order chi connectivity index (χ0) is 30.1. The highest BCUT2D eigenvalue weighted by Crippen LogP contribution is 2.32. The average molecular weight is 594 g/mol. The van der Waals surface area contributed by atoms with Gasteiger partial charge in [-0.3, -0.25) is 14.2 Å². The summed E-state index contributed by atoms with van der Waals surface area (Å²) in [6.45, 7) is 0.0182. The summed E-state index contributed by atoms with van der Waals surface area (Å²) in [4.78, 5) is 25.8. The molecule has 0 saturated heterocycles. The van der Waals surface area contributed by atoms with Gasteiger partial charge in [0.25, 0.3) is 5.91 Å². The fourth-order valence-corrected chi connectivity index (χ4v) is 4.69. The van der Waals surface area contributed by atoms with Crippen molar-refractivity contribution in [2.45, 2.75) is 11.7 Å². The molecule has 42 heavy (non-hydrogen) atoms. The van der Waals surface area contributed by atoms with Crippen molar-refractivity contribution in [1.29, 1.82) is 0 Å². The molecule has 12 nitrogen and oxygen atoms in total. The zero-order valence-corrected chi connectivity index (χ0v) is 24.6. The molecule has 0 radical (unpaired) electrons. The molecule has 13 heteroatoms. The molecule has 2 amide bonds. The van der Waals surface area contributed by atoms with E-state index in [4.69, 9.17) is 23.7 Å². The van der Waals surface area contributed by atoms with Gasteiger partial charge in [-0.15, -0.1) is 10.2 Å². The van der Waals surface area contributed by atoms with E-state index in [2.05, 4.69) is 20.8 Å². The highest BCUT2D eigenvalue weighted by molar-refractivity contribution is 7.99.